The van der Waals surface area contributed by atoms with Crippen LogP contribution in [-0.4, -0.2) is 37.3 Å². The van der Waals surface area contributed by atoms with Crippen molar-refractivity contribution in [3.63, 3.8) is 0 Å². The van der Waals surface area contributed by atoms with E-state index in [2.05, 4.69) is 35.9 Å². The molecule has 0 unspecified atom stereocenters. The van der Waals surface area contributed by atoms with Gasteiger partial charge < -0.3 is 24.1 Å². The normalized spacial score (nSPS) is 11.1. The highest BCUT2D eigenvalue weighted by Gasteiger charge is 2.23. The second-order valence-corrected chi connectivity index (χ2v) is 10.8. The number of rotatable bonds is 7. The van der Waals surface area contributed by atoms with Gasteiger partial charge >= 0.3 is 12.1 Å². The first-order valence-electron chi connectivity index (χ1n) is 13.2. The Kier molecular flexibility index (Phi) is 9.88. The van der Waals surface area contributed by atoms with Crippen LogP contribution in [0.1, 0.15) is 54.0 Å². The maximum atomic E-state index is 13.7. The lowest BCUT2D eigenvalue weighted by Crippen LogP contribution is -2.32. The lowest BCUT2D eigenvalue weighted by atomic mass is 10.1. The number of nitrogens with one attached hydrogen (secondary N) is 1. The largest absolute Gasteiger partial charge is 0.451 e. The van der Waals surface area contributed by atoms with E-state index in [1.807, 2.05) is 24.3 Å². The SMILES string of the molecule is CCN(CC)c1ccc(-c2oc3c(C#CCNC(=O)OC(C)(C)C)cc(Cl)cc3c(=O)c2OC(=O)C(C)C)cc1. The molecule has 8 nitrogen and oxygen atoms in total. The van der Waals surface area contributed by atoms with Crippen molar-refractivity contribution >= 4 is 40.3 Å². The second-order valence-electron chi connectivity index (χ2n) is 10.4. The number of fused-ring (bicyclic) bond motifs is 1. The molecule has 0 radical (unpaired) electrons. The fraction of sp³-hybridized carbons (Fsp3) is 0.387. The Morgan fingerprint density at radius 2 is 1.75 bits per heavy atom. The molecule has 1 N–H and O–H groups in total. The summed E-state index contributed by atoms with van der Waals surface area (Å²) in [7, 11) is 0. The number of halogens is 1. The first-order chi connectivity index (χ1) is 18.8. The highest BCUT2D eigenvalue weighted by Crippen LogP contribution is 2.34. The molecule has 3 aromatic rings. The van der Waals surface area contributed by atoms with Gasteiger partial charge in [-0.05, 0) is 71.0 Å². The van der Waals surface area contributed by atoms with E-state index in [0.717, 1.165) is 18.8 Å². The molecule has 0 saturated heterocycles. The number of esters is 1. The average Bonchev–Trinajstić information content (AvgIpc) is 2.88. The molecule has 212 valence electrons. The third kappa shape index (κ3) is 7.57. The molecule has 9 heteroatoms. The Labute approximate surface area is 239 Å². The summed E-state index contributed by atoms with van der Waals surface area (Å²) < 4.78 is 17.0. The molecule has 1 aromatic heterocycles. The minimum Gasteiger partial charge on any atom is -0.451 e. The summed E-state index contributed by atoms with van der Waals surface area (Å²) in [5.41, 5.74) is 0.909. The number of nitrogens with zero attached hydrogens (tertiary/aromatic N) is 1. The minimum atomic E-state index is -0.638. The van der Waals surface area contributed by atoms with Gasteiger partial charge in [-0.3, -0.25) is 9.59 Å². The van der Waals surface area contributed by atoms with Crippen molar-refractivity contribution in [3.05, 3.63) is 57.2 Å². The summed E-state index contributed by atoms with van der Waals surface area (Å²) in [6.07, 6.45) is -0.601. The maximum Gasteiger partial charge on any atom is 0.408 e. The van der Waals surface area contributed by atoms with E-state index >= 15 is 0 Å². The number of hydrogen-bond donors (Lipinski definition) is 1. The van der Waals surface area contributed by atoms with Gasteiger partial charge in [-0.2, -0.15) is 0 Å². The number of anilines is 1. The van der Waals surface area contributed by atoms with Crippen LogP contribution in [0.2, 0.25) is 5.02 Å². The van der Waals surface area contributed by atoms with E-state index in [4.69, 9.17) is 25.5 Å². The number of carbonyl (C=O) groups is 2. The fourth-order valence-corrected chi connectivity index (χ4v) is 4.04. The zero-order valence-corrected chi connectivity index (χ0v) is 24.7. The first-order valence-corrected chi connectivity index (χ1v) is 13.6. The zero-order valence-electron chi connectivity index (χ0n) is 23.9. The van der Waals surface area contributed by atoms with E-state index in [0.29, 0.717) is 11.1 Å². The van der Waals surface area contributed by atoms with Crippen LogP contribution in [0.4, 0.5) is 10.5 Å². The Bertz CT molecular complexity index is 1500. The number of ether oxygens (including phenoxy) is 2. The molecule has 0 aliphatic rings. The first kappa shape index (κ1) is 30.6. The fourth-order valence-electron chi connectivity index (χ4n) is 3.82. The van der Waals surface area contributed by atoms with Crippen LogP contribution in [0.5, 0.6) is 5.75 Å². The Morgan fingerprint density at radius 3 is 2.33 bits per heavy atom. The number of alkyl carbamates (subject to hydrolysis) is 1. The molecular formula is C31H35ClN2O6. The highest BCUT2D eigenvalue weighted by molar-refractivity contribution is 6.31. The topological polar surface area (TPSA) is 98.1 Å². The Balaban J connectivity index is 2.13. The van der Waals surface area contributed by atoms with Crippen LogP contribution in [0.25, 0.3) is 22.3 Å². The van der Waals surface area contributed by atoms with Gasteiger partial charge in [0.25, 0.3) is 0 Å². The minimum absolute atomic E-state index is 0.00306. The number of benzene rings is 2. The van der Waals surface area contributed by atoms with Gasteiger partial charge in [-0.25, -0.2) is 4.79 Å². The van der Waals surface area contributed by atoms with Gasteiger partial charge in [0.2, 0.25) is 11.2 Å². The van der Waals surface area contributed by atoms with Crippen LogP contribution < -0.4 is 20.4 Å². The molecule has 0 spiro atoms. The Hall–Kier alpha value is -3.96. The molecule has 2 aromatic carbocycles. The molecule has 3 rings (SSSR count). The molecule has 1 amide bonds. The lowest BCUT2D eigenvalue weighted by Gasteiger charge is -2.21. The summed E-state index contributed by atoms with van der Waals surface area (Å²) >= 11 is 6.32. The number of hydrogen-bond acceptors (Lipinski definition) is 7. The predicted octanol–water partition coefficient (Wildman–Crippen LogP) is 6.40. The van der Waals surface area contributed by atoms with Crippen molar-refractivity contribution in [1.82, 2.24) is 5.32 Å². The average molecular weight is 567 g/mol. The van der Waals surface area contributed by atoms with Crippen molar-refractivity contribution in [2.45, 2.75) is 54.1 Å². The number of amides is 1. The van der Waals surface area contributed by atoms with Gasteiger partial charge in [0.1, 0.15) is 5.60 Å². The predicted molar refractivity (Wildman–Crippen MR) is 158 cm³/mol. The molecule has 1 heterocycles. The molecule has 0 aliphatic carbocycles. The maximum absolute atomic E-state index is 13.7. The van der Waals surface area contributed by atoms with E-state index in [9.17, 15) is 14.4 Å². The molecule has 0 fully saturated rings. The monoisotopic (exact) mass is 566 g/mol. The summed E-state index contributed by atoms with van der Waals surface area (Å²) in [4.78, 5) is 40.3. The van der Waals surface area contributed by atoms with E-state index in [1.165, 1.54) is 6.07 Å². The van der Waals surface area contributed by atoms with Crippen molar-refractivity contribution in [2.75, 3.05) is 24.5 Å². The van der Waals surface area contributed by atoms with Crippen LogP contribution in [-0.2, 0) is 9.53 Å². The van der Waals surface area contributed by atoms with Gasteiger partial charge in [-0.1, -0.05) is 37.3 Å². The van der Waals surface area contributed by atoms with Gasteiger partial charge in [0, 0.05) is 29.4 Å². The van der Waals surface area contributed by atoms with Gasteiger partial charge in [0.15, 0.2) is 11.3 Å². The zero-order chi connectivity index (χ0) is 29.6. The smallest absolute Gasteiger partial charge is 0.408 e. The van der Waals surface area contributed by atoms with Crippen molar-refractivity contribution in [3.8, 4) is 28.9 Å². The summed E-state index contributed by atoms with van der Waals surface area (Å²) in [5, 5.41) is 2.93. The van der Waals surface area contributed by atoms with E-state index < -0.39 is 29.0 Å². The summed E-state index contributed by atoms with van der Waals surface area (Å²) in [6.45, 7) is 14.5. The van der Waals surface area contributed by atoms with Crippen LogP contribution in [0.15, 0.2) is 45.6 Å². The molecule has 40 heavy (non-hydrogen) atoms. The van der Waals surface area contributed by atoms with Crippen molar-refractivity contribution in [2.24, 2.45) is 5.92 Å². The third-order valence-electron chi connectivity index (χ3n) is 5.79. The quantitative estimate of drug-likeness (QED) is 0.261. The van der Waals surface area contributed by atoms with Gasteiger partial charge in [-0.15, -0.1) is 0 Å². The van der Waals surface area contributed by atoms with Crippen LogP contribution in [0, 0.1) is 17.8 Å². The van der Waals surface area contributed by atoms with Crippen LogP contribution in [0.3, 0.4) is 0 Å². The Morgan fingerprint density at radius 1 is 1.10 bits per heavy atom. The molecule has 0 saturated carbocycles. The summed E-state index contributed by atoms with van der Waals surface area (Å²) in [6, 6.07) is 10.5. The number of carbonyl (C=O) groups excluding carboxylic acids is 2. The standard InChI is InChI=1S/C31H35ClN2O6/c1-8-34(9-2)23-14-12-20(13-15-23)27-28(39-29(36)19(3)4)25(35)24-18-22(32)17-21(26(24)38-27)11-10-16-33-30(37)40-31(5,6)7/h12-15,17-19H,8-9,16H2,1-7H3,(H,33,37). The lowest BCUT2D eigenvalue weighted by molar-refractivity contribution is -0.137. The second kappa shape index (κ2) is 12.9. The van der Waals surface area contributed by atoms with Crippen molar-refractivity contribution < 1.29 is 23.5 Å². The van der Waals surface area contributed by atoms with E-state index in [1.54, 1.807) is 40.7 Å². The molecule has 0 aliphatic heterocycles. The molecule has 0 bridgehead atoms. The van der Waals surface area contributed by atoms with Gasteiger partial charge in [0.05, 0.1) is 23.4 Å². The highest BCUT2D eigenvalue weighted by atomic mass is 35.5. The van der Waals surface area contributed by atoms with Crippen molar-refractivity contribution in [1.29, 1.82) is 0 Å². The van der Waals surface area contributed by atoms with Crippen LogP contribution >= 0.6 is 11.6 Å². The van der Waals surface area contributed by atoms with E-state index in [-0.39, 0.29) is 34.0 Å². The third-order valence-corrected chi connectivity index (χ3v) is 6.01. The summed E-state index contributed by atoms with van der Waals surface area (Å²) in [5.74, 6) is 4.62. The molecular weight excluding hydrogens is 532 g/mol. The molecule has 0 atom stereocenters.